The molecule has 11 heteroatoms. The Morgan fingerprint density at radius 2 is 1.94 bits per heavy atom. The number of hydrogen-bond acceptors (Lipinski definition) is 6. The molecule has 0 saturated heterocycles. The minimum atomic E-state index is -0.539. The smallest absolute Gasteiger partial charge is 0.283 e. The Labute approximate surface area is 202 Å². The van der Waals surface area contributed by atoms with Gasteiger partial charge in [0.25, 0.3) is 11.6 Å². The number of aromatic nitrogens is 1. The minimum Gasteiger partial charge on any atom is -0.316 e. The number of carbonyl (C=O) groups excluding carboxylic acids is 1. The van der Waals surface area contributed by atoms with E-state index >= 15 is 0 Å². The lowest BCUT2D eigenvalue weighted by Gasteiger charge is -2.20. The van der Waals surface area contributed by atoms with Gasteiger partial charge in [-0.25, -0.2) is 0 Å². The van der Waals surface area contributed by atoms with Crippen LogP contribution in [0.2, 0.25) is 5.02 Å². The summed E-state index contributed by atoms with van der Waals surface area (Å²) in [4.78, 5) is 27.4. The van der Waals surface area contributed by atoms with Crippen LogP contribution < -0.4 is 0 Å². The van der Waals surface area contributed by atoms with Crippen molar-refractivity contribution < 1.29 is 9.72 Å². The lowest BCUT2D eigenvalue weighted by Crippen LogP contribution is -2.35. The van der Waals surface area contributed by atoms with E-state index in [0.717, 1.165) is 10.6 Å². The number of amidine groups is 2. The van der Waals surface area contributed by atoms with E-state index < -0.39 is 10.8 Å². The van der Waals surface area contributed by atoms with Crippen molar-refractivity contribution in [3.05, 3.63) is 98.8 Å². The lowest BCUT2D eigenvalue weighted by molar-refractivity contribution is -0.384. The third kappa shape index (κ3) is 4.04. The van der Waals surface area contributed by atoms with Crippen molar-refractivity contribution in [2.24, 2.45) is 10.1 Å². The van der Waals surface area contributed by atoms with E-state index in [4.69, 9.17) is 17.0 Å². The average Bonchev–Trinajstić information content (AvgIpc) is 3.44. The summed E-state index contributed by atoms with van der Waals surface area (Å²) in [6.07, 6.45) is 3.83. The van der Waals surface area contributed by atoms with Crippen LogP contribution in [0.25, 0.3) is 11.8 Å². The third-order valence-electron chi connectivity index (χ3n) is 5.17. The van der Waals surface area contributed by atoms with Gasteiger partial charge in [-0.15, -0.1) is 0 Å². The Morgan fingerprint density at radius 3 is 2.68 bits per heavy atom. The summed E-state index contributed by atoms with van der Waals surface area (Å²) in [6.45, 7) is 0. The standard InChI is InChI=1S/C23H15ClN6O3S/c24-18-13-16(30(32)33)8-9-19(18)28-10-4-7-15(28)12-17-21(25)29-23(26-22(17)31)34-20(27-29)11-14-5-2-1-3-6-14/h1-10,12-13,25H,11H2/b17-12+,25-21?. The molecule has 0 saturated carbocycles. The normalized spacial score (nSPS) is 16.5. The summed E-state index contributed by atoms with van der Waals surface area (Å²) in [5.41, 5.74) is 2.08. The van der Waals surface area contributed by atoms with Crippen molar-refractivity contribution >= 4 is 57.1 Å². The highest BCUT2D eigenvalue weighted by Gasteiger charge is 2.35. The number of nitrogens with zero attached hydrogens (tertiary/aromatic N) is 5. The number of thioether (sulfide) groups is 1. The molecule has 0 radical (unpaired) electrons. The molecule has 2 aliphatic rings. The SMILES string of the molecule is N=C1/C(=C\c2cccn2-c2ccc([N+](=O)[O-])cc2Cl)C(=O)N=C2SC(Cc3ccccc3)=NN12. The third-order valence-corrected chi connectivity index (χ3v) is 6.38. The molecule has 0 fully saturated rings. The summed E-state index contributed by atoms with van der Waals surface area (Å²) in [5.74, 6) is -0.615. The first-order valence-electron chi connectivity index (χ1n) is 10.1. The summed E-state index contributed by atoms with van der Waals surface area (Å²) in [5, 5.41) is 26.7. The van der Waals surface area contributed by atoms with E-state index in [1.807, 2.05) is 30.3 Å². The molecule has 0 spiro atoms. The van der Waals surface area contributed by atoms with Crippen molar-refractivity contribution in [2.75, 3.05) is 0 Å². The number of aliphatic imine (C=N–C) groups is 1. The molecule has 3 heterocycles. The second-order valence-corrected chi connectivity index (χ2v) is 8.82. The Kier molecular flexibility index (Phi) is 5.60. The topological polar surface area (TPSA) is 117 Å². The first-order chi connectivity index (χ1) is 16.4. The van der Waals surface area contributed by atoms with Gasteiger partial charge in [-0.3, -0.25) is 20.3 Å². The summed E-state index contributed by atoms with van der Waals surface area (Å²) >= 11 is 7.56. The van der Waals surface area contributed by atoms with Crippen molar-refractivity contribution in [2.45, 2.75) is 6.42 Å². The first-order valence-corrected chi connectivity index (χ1v) is 11.2. The van der Waals surface area contributed by atoms with Crippen LogP contribution in [0.1, 0.15) is 11.3 Å². The largest absolute Gasteiger partial charge is 0.316 e. The summed E-state index contributed by atoms with van der Waals surface area (Å²) < 4.78 is 1.68. The molecule has 9 nitrogen and oxygen atoms in total. The van der Waals surface area contributed by atoms with Gasteiger partial charge in [-0.1, -0.05) is 41.9 Å². The number of nitro benzene ring substituents is 1. The fraction of sp³-hybridized carbons (Fsp3) is 0.0435. The highest BCUT2D eigenvalue weighted by molar-refractivity contribution is 8.26. The van der Waals surface area contributed by atoms with Crippen LogP contribution in [0, 0.1) is 15.5 Å². The maximum atomic E-state index is 12.8. The van der Waals surface area contributed by atoms with Crippen molar-refractivity contribution in [3.63, 3.8) is 0 Å². The molecule has 0 atom stereocenters. The fourth-order valence-electron chi connectivity index (χ4n) is 3.56. The van der Waals surface area contributed by atoms with Crippen LogP contribution in [-0.4, -0.2) is 36.5 Å². The highest BCUT2D eigenvalue weighted by atomic mass is 35.5. The van der Waals surface area contributed by atoms with E-state index in [1.54, 1.807) is 22.9 Å². The van der Waals surface area contributed by atoms with Crippen LogP contribution >= 0.6 is 23.4 Å². The van der Waals surface area contributed by atoms with Crippen LogP contribution in [-0.2, 0) is 11.2 Å². The first kappa shape index (κ1) is 21.8. The molecular formula is C23H15ClN6O3S. The number of fused-ring (bicyclic) bond motifs is 1. The molecule has 5 rings (SSSR count). The molecule has 0 unspecified atom stereocenters. The molecule has 1 N–H and O–H groups in total. The van der Waals surface area contributed by atoms with Gasteiger partial charge in [0.15, 0.2) is 5.84 Å². The van der Waals surface area contributed by atoms with E-state index in [-0.39, 0.29) is 22.1 Å². The Bertz CT molecular complexity index is 1440. The number of rotatable bonds is 5. The predicted octanol–water partition coefficient (Wildman–Crippen LogP) is 4.90. The van der Waals surface area contributed by atoms with E-state index in [0.29, 0.717) is 23.0 Å². The molecule has 0 bridgehead atoms. The molecule has 1 aromatic heterocycles. The Hall–Kier alpha value is -4.02. The second kappa shape index (κ2) is 8.73. The van der Waals surface area contributed by atoms with Gasteiger partial charge in [-0.05, 0) is 41.6 Å². The zero-order valence-electron chi connectivity index (χ0n) is 17.4. The van der Waals surface area contributed by atoms with Crippen molar-refractivity contribution in [1.29, 1.82) is 5.41 Å². The molecule has 0 aliphatic carbocycles. The van der Waals surface area contributed by atoms with Gasteiger partial charge in [0.2, 0.25) is 5.17 Å². The van der Waals surface area contributed by atoms with Crippen LogP contribution in [0.4, 0.5) is 5.69 Å². The van der Waals surface area contributed by atoms with Gasteiger partial charge >= 0.3 is 0 Å². The van der Waals surface area contributed by atoms with Gasteiger partial charge in [0.1, 0.15) is 5.04 Å². The lowest BCUT2D eigenvalue weighted by atomic mass is 10.1. The monoisotopic (exact) mass is 490 g/mol. The number of carbonyl (C=O) groups is 1. The van der Waals surface area contributed by atoms with Gasteiger partial charge in [0, 0.05) is 30.4 Å². The van der Waals surface area contributed by atoms with Gasteiger partial charge in [0.05, 0.1) is 21.2 Å². The number of nitrogens with one attached hydrogen (secondary N) is 1. The van der Waals surface area contributed by atoms with Crippen LogP contribution in [0.3, 0.4) is 0 Å². The van der Waals surface area contributed by atoms with Crippen molar-refractivity contribution in [3.8, 4) is 5.69 Å². The maximum Gasteiger partial charge on any atom is 0.283 e. The molecule has 3 aromatic rings. The number of hydrogen-bond donors (Lipinski definition) is 1. The summed E-state index contributed by atoms with van der Waals surface area (Å²) in [7, 11) is 0. The average molecular weight is 491 g/mol. The molecule has 168 valence electrons. The Morgan fingerprint density at radius 1 is 1.15 bits per heavy atom. The van der Waals surface area contributed by atoms with E-state index in [9.17, 15) is 14.9 Å². The Balaban J connectivity index is 1.45. The molecule has 34 heavy (non-hydrogen) atoms. The second-order valence-electron chi connectivity index (χ2n) is 7.37. The highest BCUT2D eigenvalue weighted by Crippen LogP contribution is 2.31. The summed E-state index contributed by atoms with van der Waals surface area (Å²) in [6, 6.07) is 17.4. The predicted molar refractivity (Wildman–Crippen MR) is 133 cm³/mol. The quantitative estimate of drug-likeness (QED) is 0.310. The zero-order valence-corrected chi connectivity index (χ0v) is 19.0. The van der Waals surface area contributed by atoms with E-state index in [2.05, 4.69) is 10.1 Å². The van der Waals surface area contributed by atoms with Gasteiger partial charge < -0.3 is 4.57 Å². The number of halogens is 1. The molecule has 1 amide bonds. The van der Waals surface area contributed by atoms with Gasteiger partial charge in [-0.2, -0.15) is 15.1 Å². The number of nitro groups is 1. The molecule has 2 aliphatic heterocycles. The van der Waals surface area contributed by atoms with Crippen molar-refractivity contribution in [1.82, 2.24) is 9.58 Å². The number of amides is 1. The minimum absolute atomic E-state index is 0.0758. The van der Waals surface area contributed by atoms with Crippen LogP contribution in [0.15, 0.2) is 82.5 Å². The van der Waals surface area contributed by atoms with Crippen LogP contribution in [0.5, 0.6) is 0 Å². The zero-order chi connectivity index (χ0) is 23.8. The maximum absolute atomic E-state index is 12.8. The number of benzene rings is 2. The number of hydrazone groups is 1. The molecule has 2 aromatic carbocycles. The molecular weight excluding hydrogens is 476 g/mol. The van der Waals surface area contributed by atoms with E-state index in [1.165, 1.54) is 41.0 Å². The number of non-ortho nitro benzene ring substituents is 1. The fourth-order valence-corrected chi connectivity index (χ4v) is 4.74.